The summed E-state index contributed by atoms with van der Waals surface area (Å²) in [7, 11) is -1.00. The van der Waals surface area contributed by atoms with E-state index in [9.17, 15) is 4.46 Å². The van der Waals surface area contributed by atoms with E-state index in [4.69, 9.17) is 4.43 Å². The van der Waals surface area contributed by atoms with Crippen LogP contribution in [0.2, 0.25) is 0 Å². The normalized spacial score (nSPS) is 11.6. The van der Waals surface area contributed by atoms with Crippen LogP contribution in [-0.4, -0.2) is 22.5 Å². The Kier molecular flexibility index (Phi) is 4.12. The van der Waals surface area contributed by atoms with E-state index in [1.807, 2.05) is 30.3 Å². The number of benzene rings is 1. The third kappa shape index (κ3) is 3.57. The van der Waals surface area contributed by atoms with Gasteiger partial charge in [-0.25, -0.2) is 0 Å². The first-order valence-corrected chi connectivity index (χ1v) is 5.51. The minimum atomic E-state index is -2.36. The third-order valence-corrected chi connectivity index (χ3v) is 2.46. The van der Waals surface area contributed by atoms with E-state index in [1.54, 1.807) is 6.92 Å². The van der Waals surface area contributed by atoms with Gasteiger partial charge < -0.3 is 14.2 Å². The SMILES string of the molecule is CO[Si](=O)OC(C)Nc1ccccc1. The molecule has 1 N–H and O–H groups in total. The van der Waals surface area contributed by atoms with E-state index < -0.39 is 9.17 Å². The van der Waals surface area contributed by atoms with Gasteiger partial charge in [0.05, 0.1) is 7.11 Å². The molecule has 1 aromatic rings. The van der Waals surface area contributed by atoms with Gasteiger partial charge in [0.15, 0.2) is 6.23 Å². The van der Waals surface area contributed by atoms with Crippen molar-refractivity contribution in [3.63, 3.8) is 0 Å². The zero-order valence-electron chi connectivity index (χ0n) is 8.19. The predicted octanol–water partition coefficient (Wildman–Crippen LogP) is 1.52. The Morgan fingerprint density at radius 2 is 2.00 bits per heavy atom. The molecule has 76 valence electrons. The molecule has 0 aromatic heterocycles. The summed E-state index contributed by atoms with van der Waals surface area (Å²) in [6.45, 7) is 1.77. The zero-order valence-corrected chi connectivity index (χ0v) is 9.19. The smallest absolute Gasteiger partial charge is 0.499 e. The molecular formula is C9H13NO3Si. The lowest BCUT2D eigenvalue weighted by molar-refractivity contribution is 0.160. The molecular weight excluding hydrogens is 198 g/mol. The molecule has 0 aliphatic heterocycles. The van der Waals surface area contributed by atoms with Gasteiger partial charge >= 0.3 is 9.17 Å². The first kappa shape index (κ1) is 10.7. The molecule has 0 saturated heterocycles. The summed E-state index contributed by atoms with van der Waals surface area (Å²) in [6.07, 6.45) is -0.330. The van der Waals surface area contributed by atoms with Crippen LogP contribution in [0.5, 0.6) is 0 Å². The molecule has 0 spiro atoms. The van der Waals surface area contributed by atoms with E-state index in [1.165, 1.54) is 7.11 Å². The molecule has 4 nitrogen and oxygen atoms in total. The molecule has 0 bridgehead atoms. The van der Waals surface area contributed by atoms with Crippen molar-refractivity contribution in [3.8, 4) is 0 Å². The molecule has 5 heteroatoms. The van der Waals surface area contributed by atoms with Gasteiger partial charge in [0, 0.05) is 5.69 Å². The Morgan fingerprint density at radius 3 is 2.57 bits per heavy atom. The van der Waals surface area contributed by atoms with Gasteiger partial charge in [0.1, 0.15) is 0 Å². The average Bonchev–Trinajstić information content (AvgIpc) is 2.19. The van der Waals surface area contributed by atoms with Gasteiger partial charge in [0.25, 0.3) is 0 Å². The fraction of sp³-hybridized carbons (Fsp3) is 0.333. The van der Waals surface area contributed by atoms with Crippen LogP contribution < -0.4 is 5.32 Å². The Morgan fingerprint density at radius 1 is 1.36 bits per heavy atom. The molecule has 0 saturated carbocycles. The standard InChI is InChI=1S/C9H13NO3Si/c1-8(13-14(11)12-2)10-9-6-4-3-5-7-9/h3-8,10H,1-2H3. The maximum Gasteiger partial charge on any atom is 0.768 e. The van der Waals surface area contributed by atoms with Gasteiger partial charge in [-0.3, -0.25) is 4.46 Å². The van der Waals surface area contributed by atoms with Crippen LogP contribution in [0.25, 0.3) is 0 Å². The average molecular weight is 211 g/mol. The molecule has 0 amide bonds. The number of nitrogens with one attached hydrogen (secondary N) is 1. The maximum atomic E-state index is 10.9. The largest absolute Gasteiger partial charge is 0.768 e. The molecule has 1 rings (SSSR count). The summed E-state index contributed by atoms with van der Waals surface area (Å²) >= 11 is 0. The van der Waals surface area contributed by atoms with Crippen molar-refractivity contribution < 1.29 is 13.3 Å². The van der Waals surface area contributed by atoms with Crippen molar-refractivity contribution in [2.24, 2.45) is 0 Å². The summed E-state index contributed by atoms with van der Waals surface area (Å²) in [6, 6.07) is 9.56. The van der Waals surface area contributed by atoms with Crippen LogP contribution >= 0.6 is 0 Å². The highest BCUT2D eigenvalue weighted by Crippen LogP contribution is 2.07. The highest BCUT2D eigenvalue weighted by Gasteiger charge is 2.12. The van der Waals surface area contributed by atoms with Crippen LogP contribution in [0, 0.1) is 0 Å². The van der Waals surface area contributed by atoms with Crippen molar-refractivity contribution in [1.29, 1.82) is 0 Å². The highest BCUT2D eigenvalue weighted by molar-refractivity contribution is 6.26. The van der Waals surface area contributed by atoms with Gasteiger partial charge in [0.2, 0.25) is 0 Å². The quantitative estimate of drug-likeness (QED) is 0.592. The van der Waals surface area contributed by atoms with Gasteiger partial charge in [-0.15, -0.1) is 0 Å². The first-order chi connectivity index (χ1) is 6.72. The molecule has 0 radical (unpaired) electrons. The topological polar surface area (TPSA) is 47.6 Å². The van der Waals surface area contributed by atoms with Crippen molar-refractivity contribution in [3.05, 3.63) is 30.3 Å². The Balaban J connectivity index is 2.41. The molecule has 1 unspecified atom stereocenters. The fourth-order valence-corrected chi connectivity index (χ4v) is 1.43. The predicted molar refractivity (Wildman–Crippen MR) is 54.1 cm³/mol. The van der Waals surface area contributed by atoms with Crippen LogP contribution in [0.1, 0.15) is 6.92 Å². The Bertz CT molecular complexity index is 291. The van der Waals surface area contributed by atoms with E-state index in [2.05, 4.69) is 9.74 Å². The molecule has 0 heterocycles. The second-order valence-electron chi connectivity index (χ2n) is 2.72. The second kappa shape index (κ2) is 5.38. The van der Waals surface area contributed by atoms with Crippen LogP contribution in [-0.2, 0) is 13.3 Å². The highest BCUT2D eigenvalue weighted by atomic mass is 28.3. The second-order valence-corrected chi connectivity index (χ2v) is 3.87. The summed E-state index contributed by atoms with van der Waals surface area (Å²) in [5, 5.41) is 3.03. The fourth-order valence-electron chi connectivity index (χ4n) is 0.991. The van der Waals surface area contributed by atoms with Gasteiger partial charge in [-0.1, -0.05) is 18.2 Å². The summed E-state index contributed by atoms with van der Waals surface area (Å²) in [4.78, 5) is 0. The van der Waals surface area contributed by atoms with Crippen molar-refractivity contribution in [2.75, 3.05) is 12.4 Å². The van der Waals surface area contributed by atoms with E-state index in [-0.39, 0.29) is 6.23 Å². The van der Waals surface area contributed by atoms with Gasteiger partial charge in [-0.05, 0) is 19.1 Å². The lowest BCUT2D eigenvalue weighted by Crippen LogP contribution is -2.25. The molecule has 0 fully saturated rings. The summed E-state index contributed by atoms with van der Waals surface area (Å²) in [5.74, 6) is 0. The molecule has 0 aliphatic carbocycles. The monoisotopic (exact) mass is 211 g/mol. The van der Waals surface area contributed by atoms with E-state index >= 15 is 0 Å². The molecule has 1 aromatic carbocycles. The maximum absolute atomic E-state index is 10.9. The number of hydrogen-bond donors (Lipinski definition) is 1. The number of para-hydroxylation sites is 1. The van der Waals surface area contributed by atoms with Crippen LogP contribution in [0.15, 0.2) is 30.3 Å². The minimum absolute atomic E-state index is 0.330. The number of anilines is 1. The lowest BCUT2D eigenvalue weighted by Gasteiger charge is -2.14. The zero-order chi connectivity index (χ0) is 10.4. The van der Waals surface area contributed by atoms with Crippen LogP contribution in [0.4, 0.5) is 5.69 Å². The Hall–Kier alpha value is -1.36. The Labute approximate surface area is 84.8 Å². The first-order valence-electron chi connectivity index (χ1n) is 4.28. The minimum Gasteiger partial charge on any atom is -0.499 e. The van der Waals surface area contributed by atoms with Crippen molar-refractivity contribution in [2.45, 2.75) is 13.2 Å². The number of hydrogen-bond acceptors (Lipinski definition) is 4. The molecule has 0 aliphatic rings. The summed E-state index contributed by atoms with van der Waals surface area (Å²) in [5.41, 5.74) is 0.922. The van der Waals surface area contributed by atoms with Crippen LogP contribution in [0.3, 0.4) is 0 Å². The van der Waals surface area contributed by atoms with Crippen molar-refractivity contribution >= 4 is 14.9 Å². The lowest BCUT2D eigenvalue weighted by atomic mass is 10.3. The van der Waals surface area contributed by atoms with Gasteiger partial charge in [-0.2, -0.15) is 0 Å². The number of rotatable bonds is 5. The third-order valence-electron chi connectivity index (χ3n) is 1.58. The van der Waals surface area contributed by atoms with Crippen molar-refractivity contribution in [1.82, 2.24) is 0 Å². The molecule has 14 heavy (non-hydrogen) atoms. The summed E-state index contributed by atoms with van der Waals surface area (Å²) < 4.78 is 20.5. The van der Waals surface area contributed by atoms with E-state index in [0.29, 0.717) is 0 Å². The molecule has 1 atom stereocenters. The van der Waals surface area contributed by atoms with E-state index in [0.717, 1.165) is 5.69 Å².